The highest BCUT2D eigenvalue weighted by Gasteiger charge is 2.20. The van der Waals surface area contributed by atoms with E-state index in [1.807, 2.05) is 17.6 Å². The summed E-state index contributed by atoms with van der Waals surface area (Å²) < 4.78 is 2.25. The average molecular weight is 347 g/mol. The number of carbonyl (C=O) groups excluding carboxylic acids is 1. The molecule has 0 aliphatic carbocycles. The van der Waals surface area contributed by atoms with Crippen molar-refractivity contribution in [3.8, 4) is 0 Å². The van der Waals surface area contributed by atoms with Gasteiger partial charge in [-0.05, 0) is 50.2 Å². The Morgan fingerprint density at radius 1 is 1.42 bits per heavy atom. The molecule has 6 heteroatoms. The molecule has 0 atom stereocenters. The lowest BCUT2D eigenvalue weighted by Crippen LogP contribution is -2.37. The van der Waals surface area contributed by atoms with Gasteiger partial charge in [-0.2, -0.15) is 0 Å². The number of nitrogens with one attached hydrogen (secondary N) is 1. The van der Waals surface area contributed by atoms with Gasteiger partial charge in [0.25, 0.3) is 0 Å². The molecule has 130 valence electrons. The van der Waals surface area contributed by atoms with E-state index in [0.29, 0.717) is 13.0 Å². The van der Waals surface area contributed by atoms with Gasteiger partial charge >= 0.3 is 0 Å². The van der Waals surface area contributed by atoms with E-state index in [-0.39, 0.29) is 5.91 Å². The number of nitrogens with zero attached hydrogens (tertiary/aromatic N) is 3. The zero-order valence-corrected chi connectivity index (χ0v) is 15.1. The SMILES string of the molecule is Cc1nccn1CC1CCN(CCC(=O)NCc2cccs2)CC1. The fourth-order valence-corrected chi connectivity index (χ4v) is 3.86. The first-order chi connectivity index (χ1) is 11.7. The lowest BCUT2D eigenvalue weighted by atomic mass is 9.96. The van der Waals surface area contributed by atoms with Gasteiger partial charge in [-0.25, -0.2) is 4.98 Å². The second-order valence-electron chi connectivity index (χ2n) is 6.52. The smallest absolute Gasteiger partial charge is 0.221 e. The maximum Gasteiger partial charge on any atom is 0.221 e. The Labute approximate surface area is 147 Å². The highest BCUT2D eigenvalue weighted by Crippen LogP contribution is 2.19. The molecule has 3 rings (SSSR count). The van der Waals surface area contributed by atoms with Gasteiger partial charge in [0.1, 0.15) is 5.82 Å². The Bertz CT molecular complexity index is 629. The summed E-state index contributed by atoms with van der Waals surface area (Å²) in [5.74, 6) is 1.97. The van der Waals surface area contributed by atoms with Crippen LogP contribution < -0.4 is 5.32 Å². The number of thiophene rings is 1. The number of aromatic nitrogens is 2. The molecule has 24 heavy (non-hydrogen) atoms. The molecule has 0 saturated carbocycles. The van der Waals surface area contributed by atoms with Crippen molar-refractivity contribution >= 4 is 17.2 Å². The normalized spacial score (nSPS) is 16.4. The molecule has 1 fully saturated rings. The predicted molar refractivity (Wildman–Crippen MR) is 96.9 cm³/mol. The Morgan fingerprint density at radius 2 is 2.25 bits per heavy atom. The summed E-state index contributed by atoms with van der Waals surface area (Å²) in [6.07, 6.45) is 6.94. The number of piperidine rings is 1. The van der Waals surface area contributed by atoms with Gasteiger partial charge < -0.3 is 14.8 Å². The van der Waals surface area contributed by atoms with E-state index >= 15 is 0 Å². The molecular formula is C18H26N4OS. The van der Waals surface area contributed by atoms with Crippen LogP contribution in [0.5, 0.6) is 0 Å². The molecule has 1 amide bonds. The Hall–Kier alpha value is -1.66. The first-order valence-electron chi connectivity index (χ1n) is 8.70. The largest absolute Gasteiger partial charge is 0.351 e. The van der Waals surface area contributed by atoms with Crippen LogP contribution in [0.2, 0.25) is 0 Å². The maximum atomic E-state index is 12.0. The fourth-order valence-electron chi connectivity index (χ4n) is 3.21. The molecule has 1 aliphatic heterocycles. The average Bonchev–Trinajstić information content (AvgIpc) is 3.25. The van der Waals surface area contributed by atoms with Crippen LogP contribution in [0.1, 0.15) is 30.0 Å². The van der Waals surface area contributed by atoms with Crippen LogP contribution in [0.15, 0.2) is 29.9 Å². The number of rotatable bonds is 7. The van der Waals surface area contributed by atoms with E-state index in [0.717, 1.165) is 37.9 Å². The number of hydrogen-bond acceptors (Lipinski definition) is 4. The van der Waals surface area contributed by atoms with Crippen molar-refractivity contribution in [3.05, 3.63) is 40.6 Å². The molecule has 5 nitrogen and oxygen atoms in total. The van der Waals surface area contributed by atoms with Gasteiger partial charge in [0.15, 0.2) is 0 Å². The number of aryl methyl sites for hydroxylation is 1. The van der Waals surface area contributed by atoms with Gasteiger partial charge in [-0.3, -0.25) is 4.79 Å². The Balaban J connectivity index is 1.32. The summed E-state index contributed by atoms with van der Waals surface area (Å²) in [5, 5.41) is 5.04. The van der Waals surface area contributed by atoms with Crippen LogP contribution in [-0.2, 0) is 17.9 Å². The summed E-state index contributed by atoms with van der Waals surface area (Å²) in [6.45, 7) is 6.84. The summed E-state index contributed by atoms with van der Waals surface area (Å²) in [6, 6.07) is 4.07. The number of amides is 1. The van der Waals surface area contributed by atoms with E-state index in [2.05, 4.69) is 39.0 Å². The summed E-state index contributed by atoms with van der Waals surface area (Å²) in [5.41, 5.74) is 0. The number of likely N-dealkylation sites (tertiary alicyclic amines) is 1. The standard InChI is InChI=1S/C18H26N4OS/c1-15-19-7-11-22(15)14-16-4-8-21(9-5-16)10-6-18(23)20-13-17-3-2-12-24-17/h2-3,7,11-12,16H,4-6,8-10,13-14H2,1H3,(H,20,23). The third-order valence-electron chi connectivity index (χ3n) is 4.78. The van der Waals surface area contributed by atoms with Gasteiger partial charge in [-0.1, -0.05) is 6.07 Å². The third-order valence-corrected chi connectivity index (χ3v) is 5.66. The lowest BCUT2D eigenvalue weighted by Gasteiger charge is -2.32. The van der Waals surface area contributed by atoms with E-state index in [1.165, 1.54) is 17.7 Å². The topological polar surface area (TPSA) is 50.2 Å². The monoisotopic (exact) mass is 346 g/mol. The quantitative estimate of drug-likeness (QED) is 0.838. The van der Waals surface area contributed by atoms with E-state index in [4.69, 9.17) is 0 Å². The van der Waals surface area contributed by atoms with Crippen molar-refractivity contribution in [1.82, 2.24) is 19.8 Å². The Kier molecular flexibility index (Phi) is 6.04. The highest BCUT2D eigenvalue weighted by atomic mass is 32.1. The minimum absolute atomic E-state index is 0.152. The van der Waals surface area contributed by atoms with Crippen LogP contribution in [-0.4, -0.2) is 40.0 Å². The molecule has 0 bridgehead atoms. The van der Waals surface area contributed by atoms with Gasteiger partial charge in [0.05, 0.1) is 6.54 Å². The molecule has 0 radical (unpaired) electrons. The molecule has 1 aliphatic rings. The summed E-state index contributed by atoms with van der Waals surface area (Å²) in [4.78, 5) is 19.9. The van der Waals surface area contributed by atoms with E-state index < -0.39 is 0 Å². The first kappa shape index (κ1) is 17.2. The van der Waals surface area contributed by atoms with Crippen LogP contribution in [0.3, 0.4) is 0 Å². The second kappa shape index (κ2) is 8.44. The molecule has 0 aromatic carbocycles. The van der Waals surface area contributed by atoms with Crippen LogP contribution in [0, 0.1) is 12.8 Å². The lowest BCUT2D eigenvalue weighted by molar-refractivity contribution is -0.121. The predicted octanol–water partition coefficient (Wildman–Crippen LogP) is 2.67. The molecular weight excluding hydrogens is 320 g/mol. The van der Waals surface area contributed by atoms with Gasteiger partial charge in [0, 0.05) is 36.8 Å². The van der Waals surface area contributed by atoms with Gasteiger partial charge in [-0.15, -0.1) is 11.3 Å². The summed E-state index contributed by atoms with van der Waals surface area (Å²) >= 11 is 1.68. The molecule has 2 aromatic rings. The van der Waals surface area contributed by atoms with Crippen LogP contribution in [0.25, 0.3) is 0 Å². The minimum Gasteiger partial charge on any atom is -0.351 e. The number of hydrogen-bond donors (Lipinski definition) is 1. The maximum absolute atomic E-state index is 12.0. The fraction of sp³-hybridized carbons (Fsp3) is 0.556. The first-order valence-corrected chi connectivity index (χ1v) is 9.58. The van der Waals surface area contributed by atoms with Gasteiger partial charge in [0.2, 0.25) is 5.91 Å². The molecule has 2 aromatic heterocycles. The zero-order chi connectivity index (χ0) is 16.8. The van der Waals surface area contributed by atoms with Crippen molar-refractivity contribution in [1.29, 1.82) is 0 Å². The second-order valence-corrected chi connectivity index (χ2v) is 7.55. The molecule has 1 saturated heterocycles. The van der Waals surface area contributed by atoms with Crippen molar-refractivity contribution in [2.75, 3.05) is 19.6 Å². The third kappa shape index (κ3) is 4.92. The molecule has 1 N–H and O–H groups in total. The minimum atomic E-state index is 0.152. The molecule has 3 heterocycles. The molecule has 0 spiro atoms. The van der Waals surface area contributed by atoms with Crippen molar-refractivity contribution in [3.63, 3.8) is 0 Å². The van der Waals surface area contributed by atoms with Crippen molar-refractivity contribution in [2.24, 2.45) is 5.92 Å². The highest BCUT2D eigenvalue weighted by molar-refractivity contribution is 7.09. The summed E-state index contributed by atoms with van der Waals surface area (Å²) in [7, 11) is 0. The van der Waals surface area contributed by atoms with Crippen LogP contribution in [0.4, 0.5) is 0 Å². The Morgan fingerprint density at radius 3 is 2.92 bits per heavy atom. The number of imidazole rings is 1. The van der Waals surface area contributed by atoms with Crippen LogP contribution >= 0.6 is 11.3 Å². The van der Waals surface area contributed by atoms with Crippen molar-refractivity contribution in [2.45, 2.75) is 39.3 Å². The van der Waals surface area contributed by atoms with E-state index in [9.17, 15) is 4.79 Å². The van der Waals surface area contributed by atoms with E-state index in [1.54, 1.807) is 11.3 Å². The number of carbonyl (C=O) groups is 1. The van der Waals surface area contributed by atoms with Crippen molar-refractivity contribution < 1.29 is 4.79 Å². The molecule has 0 unspecified atom stereocenters. The zero-order valence-electron chi connectivity index (χ0n) is 14.3.